The Kier molecular flexibility index (Phi) is 6.01. The molecule has 22 heavy (non-hydrogen) atoms. The van der Waals surface area contributed by atoms with Crippen LogP contribution in [0, 0.1) is 23.0 Å². The van der Waals surface area contributed by atoms with Crippen LogP contribution in [0.25, 0.3) is 0 Å². The highest BCUT2D eigenvalue weighted by molar-refractivity contribution is 5.93. The van der Waals surface area contributed by atoms with Crippen LogP contribution in [0.3, 0.4) is 0 Å². The summed E-state index contributed by atoms with van der Waals surface area (Å²) in [6.45, 7) is 2.82. The van der Waals surface area contributed by atoms with Gasteiger partial charge in [-0.05, 0) is 13.0 Å². The lowest BCUT2D eigenvalue weighted by molar-refractivity contribution is -0.138. The minimum absolute atomic E-state index is 0.0788. The van der Waals surface area contributed by atoms with E-state index in [0.717, 1.165) is 12.3 Å². The van der Waals surface area contributed by atoms with Gasteiger partial charge in [-0.3, -0.25) is 4.79 Å². The maximum absolute atomic E-state index is 13.6. The molecule has 1 aromatic rings. The van der Waals surface area contributed by atoms with Gasteiger partial charge in [-0.2, -0.15) is 5.26 Å². The molecule has 0 aromatic heterocycles. The van der Waals surface area contributed by atoms with E-state index in [-0.39, 0.29) is 23.6 Å². The van der Waals surface area contributed by atoms with Gasteiger partial charge in [0.25, 0.3) is 0 Å². The molecule has 0 aliphatic heterocycles. The maximum atomic E-state index is 13.6. The smallest absolute Gasteiger partial charge is 0.350 e. The molecule has 116 valence electrons. The second kappa shape index (κ2) is 7.73. The Morgan fingerprint density at radius 2 is 1.95 bits per heavy atom. The highest BCUT2D eigenvalue weighted by Crippen LogP contribution is 2.23. The van der Waals surface area contributed by atoms with Gasteiger partial charge in [-0.25, -0.2) is 13.6 Å². The third kappa shape index (κ3) is 4.56. The molecule has 0 saturated carbocycles. The summed E-state index contributed by atoms with van der Waals surface area (Å²) in [4.78, 5) is 22.3. The lowest BCUT2D eigenvalue weighted by Gasteiger charge is -2.09. The van der Waals surface area contributed by atoms with Crippen LogP contribution in [-0.2, 0) is 14.3 Å². The van der Waals surface area contributed by atoms with Crippen LogP contribution in [-0.4, -0.2) is 18.5 Å². The fraction of sp³-hybridized carbons (Fsp3) is 0.214. The van der Waals surface area contributed by atoms with Gasteiger partial charge in [0.15, 0.2) is 5.57 Å². The molecule has 1 aromatic carbocycles. The number of nitriles is 1. The van der Waals surface area contributed by atoms with Gasteiger partial charge in [-0.15, -0.1) is 0 Å². The molecule has 0 heterocycles. The fourth-order valence-electron chi connectivity index (χ4n) is 1.44. The van der Waals surface area contributed by atoms with Gasteiger partial charge in [0.2, 0.25) is 5.91 Å². The zero-order chi connectivity index (χ0) is 16.7. The van der Waals surface area contributed by atoms with Crippen molar-refractivity contribution in [2.75, 3.05) is 17.2 Å². The molecule has 0 radical (unpaired) electrons. The number of carbonyl (C=O) groups excluding carboxylic acids is 2. The third-order valence-corrected chi connectivity index (χ3v) is 2.36. The Labute approximate surface area is 125 Å². The van der Waals surface area contributed by atoms with Crippen molar-refractivity contribution in [3.63, 3.8) is 0 Å². The van der Waals surface area contributed by atoms with E-state index in [2.05, 4.69) is 15.4 Å². The summed E-state index contributed by atoms with van der Waals surface area (Å²) in [5.41, 5.74) is -0.840. The third-order valence-electron chi connectivity index (χ3n) is 2.36. The molecule has 8 heteroatoms. The number of nitrogens with one attached hydrogen (secondary N) is 2. The van der Waals surface area contributed by atoms with E-state index in [1.807, 2.05) is 0 Å². The van der Waals surface area contributed by atoms with Crippen LogP contribution in [0.4, 0.5) is 20.2 Å². The molecule has 2 N–H and O–H groups in total. The van der Waals surface area contributed by atoms with Crippen molar-refractivity contribution in [2.45, 2.75) is 13.8 Å². The topological polar surface area (TPSA) is 91.2 Å². The summed E-state index contributed by atoms with van der Waals surface area (Å²) in [6, 6.07) is 3.16. The molecule has 0 spiro atoms. The summed E-state index contributed by atoms with van der Waals surface area (Å²) in [5, 5.41) is 13.4. The lowest BCUT2D eigenvalue weighted by Crippen LogP contribution is -2.10. The van der Waals surface area contributed by atoms with Crippen LogP contribution < -0.4 is 10.6 Å². The largest absolute Gasteiger partial charge is 0.462 e. The monoisotopic (exact) mass is 309 g/mol. The molecular formula is C14H13F2N3O3. The lowest BCUT2D eigenvalue weighted by atomic mass is 10.2. The normalized spacial score (nSPS) is 10.6. The number of nitrogens with zero attached hydrogens (tertiary/aromatic N) is 1. The van der Waals surface area contributed by atoms with Gasteiger partial charge in [0.05, 0.1) is 18.0 Å². The van der Waals surface area contributed by atoms with Gasteiger partial charge in [0, 0.05) is 19.2 Å². The van der Waals surface area contributed by atoms with E-state index >= 15 is 0 Å². The van der Waals surface area contributed by atoms with Crippen molar-refractivity contribution in [3.05, 3.63) is 35.5 Å². The first kappa shape index (κ1) is 17.1. The van der Waals surface area contributed by atoms with Crippen LogP contribution in [0.15, 0.2) is 23.9 Å². The Balaban J connectivity index is 3.04. The van der Waals surface area contributed by atoms with Gasteiger partial charge in [0.1, 0.15) is 17.7 Å². The first-order valence-electron chi connectivity index (χ1n) is 6.19. The van der Waals surface area contributed by atoms with Crippen LogP contribution in [0.2, 0.25) is 0 Å². The van der Waals surface area contributed by atoms with E-state index in [4.69, 9.17) is 5.26 Å². The van der Waals surface area contributed by atoms with Crippen LogP contribution in [0.5, 0.6) is 0 Å². The van der Waals surface area contributed by atoms with Crippen LogP contribution in [0.1, 0.15) is 13.8 Å². The van der Waals surface area contributed by atoms with Crippen molar-refractivity contribution in [1.29, 1.82) is 5.26 Å². The predicted molar refractivity (Wildman–Crippen MR) is 74.6 cm³/mol. The van der Waals surface area contributed by atoms with Crippen molar-refractivity contribution >= 4 is 23.3 Å². The van der Waals surface area contributed by atoms with Gasteiger partial charge >= 0.3 is 5.97 Å². The van der Waals surface area contributed by atoms with Crippen molar-refractivity contribution in [2.24, 2.45) is 0 Å². The molecular weight excluding hydrogens is 296 g/mol. The number of anilines is 2. The number of hydrogen-bond donors (Lipinski definition) is 2. The molecule has 0 unspecified atom stereocenters. The zero-order valence-electron chi connectivity index (χ0n) is 11.9. The average molecular weight is 309 g/mol. The molecule has 6 nitrogen and oxygen atoms in total. The quantitative estimate of drug-likeness (QED) is 0.495. The number of ether oxygens (including phenoxy) is 1. The molecule has 1 rings (SSSR count). The summed E-state index contributed by atoms with van der Waals surface area (Å²) in [6.07, 6.45) is 0.936. The minimum atomic E-state index is -0.955. The molecule has 1 amide bonds. The van der Waals surface area contributed by atoms with Gasteiger partial charge < -0.3 is 15.4 Å². The summed E-state index contributed by atoms with van der Waals surface area (Å²) in [7, 11) is 0. The van der Waals surface area contributed by atoms with Crippen molar-refractivity contribution in [3.8, 4) is 6.07 Å². The first-order valence-corrected chi connectivity index (χ1v) is 6.19. The summed E-state index contributed by atoms with van der Waals surface area (Å²) in [5.74, 6) is -3.31. The van der Waals surface area contributed by atoms with Gasteiger partial charge in [-0.1, -0.05) is 0 Å². The Bertz CT molecular complexity index is 666. The first-order chi connectivity index (χ1) is 10.4. The van der Waals surface area contributed by atoms with E-state index in [1.54, 1.807) is 13.0 Å². The molecule has 0 saturated heterocycles. The zero-order valence-corrected chi connectivity index (χ0v) is 11.9. The maximum Gasteiger partial charge on any atom is 0.350 e. The number of hydrogen-bond acceptors (Lipinski definition) is 5. The molecule has 0 fully saturated rings. The summed E-state index contributed by atoms with van der Waals surface area (Å²) >= 11 is 0. The van der Waals surface area contributed by atoms with E-state index in [1.165, 1.54) is 6.92 Å². The van der Waals surface area contributed by atoms with E-state index < -0.39 is 23.5 Å². The van der Waals surface area contributed by atoms with Crippen LogP contribution >= 0.6 is 0 Å². The number of esters is 1. The number of benzene rings is 1. The minimum Gasteiger partial charge on any atom is -0.462 e. The number of rotatable bonds is 5. The number of halogens is 2. The Morgan fingerprint density at radius 1 is 1.32 bits per heavy atom. The van der Waals surface area contributed by atoms with E-state index in [0.29, 0.717) is 6.07 Å². The summed E-state index contributed by atoms with van der Waals surface area (Å²) < 4.78 is 31.7. The SMILES string of the molecule is CCOC(=O)/C(C#N)=C/Nc1cc(NC(C)=O)c(F)cc1F. The average Bonchev–Trinajstić information content (AvgIpc) is 2.43. The standard InChI is InChI=1S/C14H13F2N3O3/c1-3-22-14(21)9(6-17)7-18-12-5-13(19-8(2)20)11(16)4-10(12)15/h4-5,7,18H,3H2,1-2H3,(H,19,20)/b9-7+. The molecule has 0 aliphatic carbocycles. The van der Waals surface area contributed by atoms with E-state index in [9.17, 15) is 18.4 Å². The Morgan fingerprint density at radius 3 is 2.50 bits per heavy atom. The highest BCUT2D eigenvalue weighted by Gasteiger charge is 2.13. The predicted octanol–water partition coefficient (Wildman–Crippen LogP) is 2.31. The molecule has 0 atom stereocenters. The molecule has 0 bridgehead atoms. The number of amides is 1. The number of carbonyl (C=O) groups is 2. The van der Waals surface area contributed by atoms with Crippen molar-refractivity contribution in [1.82, 2.24) is 0 Å². The second-order valence-corrected chi connectivity index (χ2v) is 4.03. The molecule has 0 aliphatic rings. The highest BCUT2D eigenvalue weighted by atomic mass is 19.1. The van der Waals surface area contributed by atoms with Crippen molar-refractivity contribution < 1.29 is 23.1 Å². The fourth-order valence-corrected chi connectivity index (χ4v) is 1.44. The Hall–Kier alpha value is -2.95. The second-order valence-electron chi connectivity index (χ2n) is 4.03.